The second kappa shape index (κ2) is 17.6. The molecule has 0 aliphatic heterocycles. The molecule has 0 aromatic carbocycles. The largest absolute Gasteiger partial charge is 0.400 e. The van der Waals surface area contributed by atoms with Crippen LogP contribution in [0.2, 0.25) is 0 Å². The van der Waals surface area contributed by atoms with Crippen LogP contribution in [-0.4, -0.2) is 17.8 Å². The average Bonchev–Trinajstić information content (AvgIpc) is 2.53. The summed E-state index contributed by atoms with van der Waals surface area (Å²) in [7, 11) is 1.00. The third kappa shape index (κ3) is 23.6. The van der Waals surface area contributed by atoms with Crippen LogP contribution in [0, 0.1) is 12.8 Å². The summed E-state index contributed by atoms with van der Waals surface area (Å²) in [4.78, 5) is 0. The fourth-order valence-corrected chi connectivity index (χ4v) is 1.80. The zero-order chi connectivity index (χ0) is 15.7. The first-order valence-corrected chi connectivity index (χ1v) is 9.44. The molecule has 2 rings (SSSR count). The van der Waals surface area contributed by atoms with Crippen LogP contribution in [0.4, 0.5) is 0 Å². The summed E-state index contributed by atoms with van der Waals surface area (Å²) >= 11 is 1.15. The zero-order valence-electron chi connectivity index (χ0n) is 14.1. The SMILES string of the molecule is CC(C)(C)[N]=[Ta].CO.[CH-]1CCCCC1.[CH-]1CCCCC1. The van der Waals surface area contributed by atoms with Crippen molar-refractivity contribution in [3.63, 3.8) is 0 Å². The number of hydrogen-bond donors (Lipinski definition) is 1. The predicted molar refractivity (Wildman–Crippen MR) is 85.1 cm³/mol. The fourth-order valence-electron chi connectivity index (χ4n) is 1.80. The van der Waals surface area contributed by atoms with Gasteiger partial charge in [-0.3, -0.25) is 0 Å². The molecule has 0 atom stereocenters. The molecule has 2 saturated carbocycles. The maximum Gasteiger partial charge on any atom is 0.0319 e. The Morgan fingerprint density at radius 1 is 0.750 bits per heavy atom. The summed E-state index contributed by atoms with van der Waals surface area (Å²) in [5.74, 6) is 0. The van der Waals surface area contributed by atoms with E-state index in [4.69, 9.17) is 5.11 Å². The van der Waals surface area contributed by atoms with Gasteiger partial charge in [0.2, 0.25) is 0 Å². The molecule has 2 nitrogen and oxygen atoms in total. The molecule has 0 aromatic heterocycles. The van der Waals surface area contributed by atoms with E-state index in [9.17, 15) is 0 Å². The Labute approximate surface area is 139 Å². The molecule has 1 N–H and O–H groups in total. The Kier molecular flexibility index (Phi) is 20.0. The molecular formula is C17H35NOTa-2. The van der Waals surface area contributed by atoms with Crippen LogP contribution in [0.1, 0.15) is 85.0 Å². The summed E-state index contributed by atoms with van der Waals surface area (Å²) < 4.78 is 4.13. The van der Waals surface area contributed by atoms with Gasteiger partial charge in [0.05, 0.1) is 0 Å². The summed E-state index contributed by atoms with van der Waals surface area (Å²) in [5, 5.41) is 7.00. The molecule has 0 amide bonds. The Hall–Kier alpha value is 0.500. The van der Waals surface area contributed by atoms with Gasteiger partial charge in [0, 0.05) is 7.11 Å². The van der Waals surface area contributed by atoms with Gasteiger partial charge in [-0.2, -0.15) is 25.7 Å². The van der Waals surface area contributed by atoms with Crippen LogP contribution in [-0.2, 0) is 20.9 Å². The van der Waals surface area contributed by atoms with E-state index in [1.54, 1.807) is 0 Å². The van der Waals surface area contributed by atoms with Crippen molar-refractivity contribution in [2.24, 2.45) is 3.34 Å². The first kappa shape index (κ1) is 22.8. The van der Waals surface area contributed by atoms with Crippen LogP contribution in [0.5, 0.6) is 0 Å². The molecule has 20 heavy (non-hydrogen) atoms. The Bertz CT molecular complexity index is 147. The van der Waals surface area contributed by atoms with E-state index >= 15 is 0 Å². The quantitative estimate of drug-likeness (QED) is 0.491. The first-order valence-electron chi connectivity index (χ1n) is 8.00. The molecule has 0 radical (unpaired) electrons. The minimum Gasteiger partial charge on any atom is -0.400 e. The van der Waals surface area contributed by atoms with Crippen LogP contribution in [0.15, 0.2) is 3.34 Å². The van der Waals surface area contributed by atoms with Crippen LogP contribution < -0.4 is 0 Å². The molecule has 3 heteroatoms. The van der Waals surface area contributed by atoms with E-state index in [1.807, 2.05) is 0 Å². The number of rotatable bonds is 0. The van der Waals surface area contributed by atoms with Crippen molar-refractivity contribution in [2.75, 3.05) is 7.11 Å². The van der Waals surface area contributed by atoms with Crippen molar-refractivity contribution in [2.45, 2.75) is 90.5 Å². The summed E-state index contributed by atoms with van der Waals surface area (Å²) in [6, 6.07) is 0. The number of hydrogen-bond acceptors (Lipinski definition) is 2. The van der Waals surface area contributed by atoms with E-state index in [-0.39, 0.29) is 5.54 Å². The summed E-state index contributed by atoms with van der Waals surface area (Å²) in [5.41, 5.74) is 0.216. The average molecular weight is 450 g/mol. The third-order valence-electron chi connectivity index (χ3n) is 2.93. The van der Waals surface area contributed by atoms with Crippen molar-refractivity contribution in [1.82, 2.24) is 0 Å². The van der Waals surface area contributed by atoms with Crippen LogP contribution in [0.3, 0.4) is 0 Å². The van der Waals surface area contributed by atoms with Gasteiger partial charge < -0.3 is 17.9 Å². The minimum atomic E-state index is 0.216. The molecule has 0 bridgehead atoms. The third-order valence-corrected chi connectivity index (χ3v) is 5.09. The van der Waals surface area contributed by atoms with E-state index in [2.05, 4.69) is 37.0 Å². The van der Waals surface area contributed by atoms with Gasteiger partial charge in [-0.15, -0.1) is 0 Å². The maximum absolute atomic E-state index is 7.00. The molecule has 2 aliphatic rings. The summed E-state index contributed by atoms with van der Waals surface area (Å²) in [6.07, 6.45) is 19.0. The standard InChI is InChI=1S/2C6H11.C4H9N.CH4O.Ta/c2*1-2-4-6-5-3-1;1-4(2,3)5;1-2;/h2*1H,2-6H2;1-3H3;2H,1H3;/q2*-1;;;. The van der Waals surface area contributed by atoms with Gasteiger partial charge in [-0.1, -0.05) is 38.5 Å². The molecule has 2 aliphatic carbocycles. The van der Waals surface area contributed by atoms with Crippen molar-refractivity contribution in [3.8, 4) is 0 Å². The van der Waals surface area contributed by atoms with E-state index in [0.717, 1.165) is 28.0 Å². The molecule has 0 heterocycles. The summed E-state index contributed by atoms with van der Waals surface area (Å²) in [6.45, 7) is 6.31. The van der Waals surface area contributed by atoms with Crippen molar-refractivity contribution in [1.29, 1.82) is 0 Å². The van der Waals surface area contributed by atoms with E-state index in [1.165, 1.54) is 64.2 Å². The minimum absolute atomic E-state index is 0.216. The second-order valence-electron chi connectivity index (χ2n) is 6.12. The first-order chi connectivity index (χ1) is 9.56. The van der Waals surface area contributed by atoms with E-state index < -0.39 is 0 Å². The van der Waals surface area contributed by atoms with Gasteiger partial charge in [0.1, 0.15) is 0 Å². The van der Waals surface area contributed by atoms with Crippen LogP contribution >= 0.6 is 0 Å². The molecule has 0 spiro atoms. The normalized spacial score (nSPS) is 18.0. The molecule has 0 aromatic rings. The Morgan fingerprint density at radius 2 is 1.00 bits per heavy atom. The van der Waals surface area contributed by atoms with E-state index in [0.29, 0.717) is 0 Å². The smallest absolute Gasteiger partial charge is 0.0319 e. The van der Waals surface area contributed by atoms with Gasteiger partial charge >= 0.3 is 50.5 Å². The van der Waals surface area contributed by atoms with Crippen molar-refractivity contribution in [3.05, 3.63) is 12.8 Å². The van der Waals surface area contributed by atoms with Crippen LogP contribution in [0.25, 0.3) is 0 Å². The Morgan fingerprint density at radius 3 is 1.05 bits per heavy atom. The van der Waals surface area contributed by atoms with Crippen molar-refractivity contribution >= 4 is 0 Å². The molecule has 2 fully saturated rings. The monoisotopic (exact) mass is 450 g/mol. The predicted octanol–water partition coefficient (Wildman–Crippen LogP) is 5.43. The maximum atomic E-state index is 7.00. The number of aliphatic hydroxyl groups is 1. The van der Waals surface area contributed by atoms with Crippen molar-refractivity contribution < 1.29 is 26.0 Å². The number of aliphatic hydroxyl groups excluding tert-OH is 1. The molecule has 121 valence electrons. The zero-order valence-corrected chi connectivity index (χ0v) is 17.3. The van der Waals surface area contributed by atoms with Gasteiger partial charge in [0.15, 0.2) is 0 Å². The van der Waals surface area contributed by atoms with Gasteiger partial charge in [0.25, 0.3) is 0 Å². The molecule has 0 unspecified atom stereocenters. The topological polar surface area (TPSA) is 32.6 Å². The molecular weight excluding hydrogens is 415 g/mol. The Balaban J connectivity index is 0. The fraction of sp³-hybridized carbons (Fsp3) is 0.882. The second-order valence-corrected chi connectivity index (χ2v) is 6.84. The van der Waals surface area contributed by atoms with Gasteiger partial charge in [-0.05, 0) is 0 Å². The van der Waals surface area contributed by atoms with Gasteiger partial charge in [-0.25, -0.2) is 0 Å². The molecule has 0 saturated heterocycles. The number of nitrogens with zero attached hydrogens (tertiary/aromatic N) is 1.